The number of nitrogens with zero attached hydrogens (tertiary/aromatic N) is 3. The average Bonchev–Trinajstić information content (AvgIpc) is 3.33. The Balaban J connectivity index is 1.53. The molecule has 2 heterocycles. The number of ether oxygens (including phenoxy) is 1. The molecule has 2 amide bonds. The zero-order valence-corrected chi connectivity index (χ0v) is 20.7. The summed E-state index contributed by atoms with van der Waals surface area (Å²) in [7, 11) is 1.59. The average molecular weight is 501 g/mol. The monoisotopic (exact) mass is 500 g/mol. The molecule has 1 aliphatic heterocycles. The second kappa shape index (κ2) is 9.51. The van der Waals surface area contributed by atoms with Crippen molar-refractivity contribution < 1.29 is 14.3 Å². The zero-order chi connectivity index (χ0) is 25.3. The van der Waals surface area contributed by atoms with Gasteiger partial charge in [-0.3, -0.25) is 19.2 Å². The van der Waals surface area contributed by atoms with Gasteiger partial charge >= 0.3 is 0 Å². The fraction of sp³-hybridized carbons (Fsp3) is 0.179. The van der Waals surface area contributed by atoms with E-state index in [2.05, 4.69) is 10.4 Å². The van der Waals surface area contributed by atoms with Crippen molar-refractivity contribution in [1.82, 2.24) is 15.1 Å². The lowest BCUT2D eigenvalue weighted by atomic mass is 9.93. The molecule has 0 bridgehead atoms. The van der Waals surface area contributed by atoms with Crippen molar-refractivity contribution in [2.24, 2.45) is 0 Å². The molecule has 182 valence electrons. The fourth-order valence-electron chi connectivity index (χ4n) is 4.54. The number of nitrogens with one attached hydrogen (secondary N) is 1. The summed E-state index contributed by atoms with van der Waals surface area (Å²) in [4.78, 5) is 29.2. The molecule has 1 N–H and O–H groups in total. The molecule has 0 saturated heterocycles. The fourth-order valence-corrected chi connectivity index (χ4v) is 4.67. The highest BCUT2D eigenvalue weighted by molar-refractivity contribution is 6.30. The molecule has 8 heteroatoms. The Morgan fingerprint density at radius 1 is 1.06 bits per heavy atom. The maximum atomic E-state index is 13.9. The van der Waals surface area contributed by atoms with E-state index in [0.29, 0.717) is 27.8 Å². The number of halogens is 1. The van der Waals surface area contributed by atoms with Crippen LogP contribution in [0.5, 0.6) is 5.75 Å². The second-order valence-corrected chi connectivity index (χ2v) is 9.26. The number of aromatic nitrogens is 2. The molecule has 0 radical (unpaired) electrons. The Morgan fingerprint density at radius 3 is 2.47 bits per heavy atom. The summed E-state index contributed by atoms with van der Waals surface area (Å²) in [6.45, 7) is 2.19. The van der Waals surface area contributed by atoms with Crippen LogP contribution in [0.1, 0.15) is 23.0 Å². The first-order chi connectivity index (χ1) is 17.4. The SMILES string of the molecule is COc1ccccc1CNC(=O)[C@@]1(C)Cn2nc(-c3ccccc3)cc2C(=O)N1c1ccc(Cl)cc1. The summed E-state index contributed by atoms with van der Waals surface area (Å²) in [6.07, 6.45) is 0. The Bertz CT molecular complexity index is 1420. The van der Waals surface area contributed by atoms with Gasteiger partial charge in [0.25, 0.3) is 5.91 Å². The van der Waals surface area contributed by atoms with Gasteiger partial charge in [-0.15, -0.1) is 0 Å². The Morgan fingerprint density at radius 2 is 1.75 bits per heavy atom. The molecule has 0 spiro atoms. The number of methoxy groups -OCH3 is 1. The van der Waals surface area contributed by atoms with E-state index < -0.39 is 5.54 Å². The summed E-state index contributed by atoms with van der Waals surface area (Å²) in [5.74, 6) is 0.0615. The van der Waals surface area contributed by atoms with Crippen LogP contribution in [0.4, 0.5) is 5.69 Å². The number of hydrogen-bond donors (Lipinski definition) is 1. The minimum Gasteiger partial charge on any atom is -0.496 e. The number of hydrogen-bond acceptors (Lipinski definition) is 4. The van der Waals surface area contributed by atoms with E-state index in [-0.39, 0.29) is 24.9 Å². The molecular weight excluding hydrogens is 476 g/mol. The molecule has 1 aliphatic rings. The number of carbonyl (C=O) groups excluding carboxylic acids is 2. The highest BCUT2D eigenvalue weighted by Gasteiger charge is 2.48. The molecule has 0 unspecified atom stereocenters. The van der Waals surface area contributed by atoms with Crippen molar-refractivity contribution in [2.75, 3.05) is 12.0 Å². The summed E-state index contributed by atoms with van der Waals surface area (Å²) in [5.41, 5.74) is 2.15. The lowest BCUT2D eigenvalue weighted by Crippen LogP contribution is -2.64. The van der Waals surface area contributed by atoms with Gasteiger partial charge in [-0.2, -0.15) is 5.10 Å². The van der Waals surface area contributed by atoms with E-state index in [4.69, 9.17) is 16.3 Å². The van der Waals surface area contributed by atoms with Gasteiger partial charge < -0.3 is 10.1 Å². The number of benzene rings is 3. The van der Waals surface area contributed by atoms with Crippen molar-refractivity contribution in [1.29, 1.82) is 0 Å². The third kappa shape index (κ3) is 4.22. The summed E-state index contributed by atoms with van der Waals surface area (Å²) >= 11 is 6.11. The van der Waals surface area contributed by atoms with E-state index >= 15 is 0 Å². The zero-order valence-electron chi connectivity index (χ0n) is 19.9. The predicted molar refractivity (Wildman–Crippen MR) is 139 cm³/mol. The molecule has 0 aliphatic carbocycles. The number of anilines is 1. The molecule has 4 aromatic rings. The van der Waals surface area contributed by atoms with E-state index in [1.807, 2.05) is 54.6 Å². The highest BCUT2D eigenvalue weighted by atomic mass is 35.5. The lowest BCUT2D eigenvalue weighted by Gasteiger charge is -2.43. The summed E-state index contributed by atoms with van der Waals surface area (Å²) in [5, 5.41) is 8.23. The van der Waals surface area contributed by atoms with Crippen molar-refractivity contribution >= 4 is 29.1 Å². The lowest BCUT2D eigenvalue weighted by molar-refractivity contribution is -0.126. The van der Waals surface area contributed by atoms with Gasteiger partial charge in [0, 0.05) is 28.4 Å². The van der Waals surface area contributed by atoms with E-state index in [0.717, 1.165) is 11.1 Å². The number of para-hydroxylation sites is 1. The summed E-state index contributed by atoms with van der Waals surface area (Å²) < 4.78 is 7.04. The van der Waals surface area contributed by atoms with Gasteiger partial charge in [-0.25, -0.2) is 0 Å². The third-order valence-electron chi connectivity index (χ3n) is 6.43. The Kier molecular flexibility index (Phi) is 6.24. The Labute approximate surface area is 214 Å². The van der Waals surface area contributed by atoms with E-state index in [1.54, 1.807) is 49.0 Å². The van der Waals surface area contributed by atoms with Crippen molar-refractivity contribution in [3.8, 4) is 17.0 Å². The number of fused-ring (bicyclic) bond motifs is 1. The van der Waals surface area contributed by atoms with Crippen LogP contribution in [-0.2, 0) is 17.9 Å². The topological polar surface area (TPSA) is 76.5 Å². The van der Waals surface area contributed by atoms with E-state index in [1.165, 1.54) is 4.90 Å². The van der Waals surface area contributed by atoms with Crippen LogP contribution in [0.25, 0.3) is 11.3 Å². The third-order valence-corrected chi connectivity index (χ3v) is 6.68. The minimum atomic E-state index is -1.25. The van der Waals surface area contributed by atoms with Gasteiger partial charge in [-0.1, -0.05) is 60.1 Å². The molecule has 0 fully saturated rings. The molecule has 1 aromatic heterocycles. The summed E-state index contributed by atoms with van der Waals surface area (Å²) in [6, 6.07) is 25.8. The van der Waals surface area contributed by atoms with Gasteiger partial charge in [0.2, 0.25) is 5.91 Å². The number of rotatable bonds is 6. The van der Waals surface area contributed by atoms with E-state index in [9.17, 15) is 9.59 Å². The van der Waals surface area contributed by atoms with Gasteiger partial charge in [-0.05, 0) is 43.3 Å². The molecule has 7 nitrogen and oxygen atoms in total. The normalized spacial score (nSPS) is 17.0. The van der Waals surface area contributed by atoms with Crippen molar-refractivity contribution in [2.45, 2.75) is 25.6 Å². The molecule has 5 rings (SSSR count). The first-order valence-corrected chi connectivity index (χ1v) is 11.9. The first-order valence-electron chi connectivity index (χ1n) is 11.5. The molecule has 1 atom stereocenters. The quantitative estimate of drug-likeness (QED) is 0.406. The van der Waals surface area contributed by atoms with Gasteiger partial charge in [0.1, 0.15) is 17.0 Å². The van der Waals surface area contributed by atoms with Gasteiger partial charge in [0.05, 0.1) is 19.3 Å². The molecule has 3 aromatic carbocycles. The van der Waals surface area contributed by atoms with Gasteiger partial charge in [0.15, 0.2) is 0 Å². The minimum absolute atomic E-state index is 0.182. The maximum Gasteiger partial charge on any atom is 0.277 e. The number of amides is 2. The van der Waals surface area contributed by atoms with Crippen LogP contribution >= 0.6 is 11.6 Å². The van der Waals surface area contributed by atoms with Crippen LogP contribution in [-0.4, -0.2) is 34.2 Å². The Hall–Kier alpha value is -4.10. The molecule has 36 heavy (non-hydrogen) atoms. The largest absolute Gasteiger partial charge is 0.496 e. The van der Waals surface area contributed by atoms with Crippen LogP contribution < -0.4 is 15.0 Å². The van der Waals surface area contributed by atoms with Crippen LogP contribution in [0.2, 0.25) is 5.02 Å². The molecular formula is C28H25ClN4O3. The first kappa shape index (κ1) is 23.6. The maximum absolute atomic E-state index is 13.9. The molecule has 0 saturated carbocycles. The second-order valence-electron chi connectivity index (χ2n) is 8.82. The highest BCUT2D eigenvalue weighted by Crippen LogP contribution is 2.35. The van der Waals surface area contributed by atoms with Crippen LogP contribution in [0.15, 0.2) is 84.9 Å². The smallest absolute Gasteiger partial charge is 0.277 e. The standard InChI is InChI=1S/C28H25ClN4O3/c1-28(27(35)30-17-20-10-6-7-11-25(20)36-2)18-32-24(16-23(31-32)19-8-4-3-5-9-19)26(34)33(28)22-14-12-21(29)13-15-22/h3-16H,17-18H2,1-2H3,(H,30,35)/t28-/m1/s1. The van der Waals surface area contributed by atoms with Crippen molar-refractivity contribution in [3.05, 3.63) is 101 Å². The number of carbonyl (C=O) groups is 2. The van der Waals surface area contributed by atoms with Crippen molar-refractivity contribution in [3.63, 3.8) is 0 Å². The van der Waals surface area contributed by atoms with Crippen LogP contribution in [0, 0.1) is 0 Å². The van der Waals surface area contributed by atoms with Crippen LogP contribution in [0.3, 0.4) is 0 Å². The predicted octanol–water partition coefficient (Wildman–Crippen LogP) is 4.95.